The standard InChI is InChI=1S/C14H15ClN2O/c15-12(10-17-9-5-4-8-14(17)16)11-18-13-6-2-1-3-7-13/h1-9,12,16H,10-11H2. The first kappa shape index (κ1) is 12.7. The predicted octanol–water partition coefficient (Wildman–Crippen LogP) is 2.65. The van der Waals surface area contributed by atoms with Crippen LogP contribution in [-0.4, -0.2) is 16.6 Å². The van der Waals surface area contributed by atoms with Gasteiger partial charge in [-0.05, 0) is 24.3 Å². The molecule has 0 spiro atoms. The molecule has 0 aliphatic rings. The molecule has 4 heteroatoms. The molecule has 2 rings (SSSR count). The maximum absolute atomic E-state index is 7.72. The van der Waals surface area contributed by atoms with E-state index in [2.05, 4.69) is 0 Å². The minimum absolute atomic E-state index is 0.165. The number of nitrogens with zero attached hydrogens (tertiary/aromatic N) is 1. The summed E-state index contributed by atoms with van der Waals surface area (Å²) in [6.45, 7) is 0.987. The van der Waals surface area contributed by atoms with Crippen molar-refractivity contribution >= 4 is 11.6 Å². The highest BCUT2D eigenvalue weighted by Crippen LogP contribution is 2.10. The molecule has 0 fully saturated rings. The molecule has 1 aromatic carbocycles. The lowest BCUT2D eigenvalue weighted by Gasteiger charge is -2.13. The summed E-state index contributed by atoms with van der Waals surface area (Å²) in [7, 11) is 0. The second-order valence-electron chi connectivity index (χ2n) is 3.96. The van der Waals surface area contributed by atoms with Crippen LogP contribution in [0, 0.1) is 5.41 Å². The van der Waals surface area contributed by atoms with Crippen molar-refractivity contribution in [3.8, 4) is 5.75 Å². The first-order chi connectivity index (χ1) is 8.75. The van der Waals surface area contributed by atoms with E-state index in [0.29, 0.717) is 18.6 Å². The molecule has 1 heterocycles. The van der Waals surface area contributed by atoms with Gasteiger partial charge in [0.15, 0.2) is 0 Å². The van der Waals surface area contributed by atoms with Gasteiger partial charge in [-0.1, -0.05) is 24.3 Å². The molecule has 1 unspecified atom stereocenters. The fraction of sp³-hybridized carbons (Fsp3) is 0.214. The van der Waals surface area contributed by atoms with Crippen LogP contribution in [0.15, 0.2) is 54.7 Å². The normalized spacial score (nSPS) is 12.1. The Kier molecular flexibility index (Phi) is 4.42. The number of ether oxygens (including phenoxy) is 1. The molecule has 0 saturated heterocycles. The molecule has 2 aromatic rings. The molecular weight excluding hydrogens is 248 g/mol. The maximum Gasteiger partial charge on any atom is 0.124 e. The predicted molar refractivity (Wildman–Crippen MR) is 71.9 cm³/mol. The molecule has 3 nitrogen and oxygen atoms in total. The van der Waals surface area contributed by atoms with Crippen LogP contribution in [-0.2, 0) is 6.54 Å². The maximum atomic E-state index is 7.72. The molecule has 0 bridgehead atoms. The monoisotopic (exact) mass is 262 g/mol. The van der Waals surface area contributed by atoms with E-state index < -0.39 is 0 Å². The number of halogens is 1. The molecule has 1 aromatic heterocycles. The summed E-state index contributed by atoms with van der Waals surface area (Å²) in [6.07, 6.45) is 1.85. The number of benzene rings is 1. The Bertz CT molecular complexity index is 539. The van der Waals surface area contributed by atoms with Gasteiger partial charge in [0, 0.05) is 12.7 Å². The van der Waals surface area contributed by atoms with Gasteiger partial charge in [0.05, 0.1) is 5.38 Å². The van der Waals surface area contributed by atoms with Crippen LogP contribution >= 0.6 is 11.6 Å². The smallest absolute Gasteiger partial charge is 0.124 e. The van der Waals surface area contributed by atoms with E-state index in [9.17, 15) is 0 Å². The van der Waals surface area contributed by atoms with Crippen molar-refractivity contribution in [3.05, 3.63) is 60.2 Å². The van der Waals surface area contributed by atoms with E-state index in [1.54, 1.807) is 10.6 Å². The molecule has 1 N–H and O–H groups in total. The first-order valence-corrected chi connectivity index (χ1v) is 6.21. The highest BCUT2D eigenvalue weighted by molar-refractivity contribution is 6.20. The summed E-state index contributed by atoms with van der Waals surface area (Å²) < 4.78 is 7.37. The Morgan fingerprint density at radius 2 is 1.83 bits per heavy atom. The van der Waals surface area contributed by atoms with Crippen LogP contribution in [0.3, 0.4) is 0 Å². The van der Waals surface area contributed by atoms with Gasteiger partial charge in [-0.25, -0.2) is 0 Å². The zero-order valence-electron chi connectivity index (χ0n) is 9.92. The van der Waals surface area contributed by atoms with Gasteiger partial charge in [-0.2, -0.15) is 0 Å². The van der Waals surface area contributed by atoms with Crippen LogP contribution in [0.25, 0.3) is 0 Å². The number of hydrogen-bond acceptors (Lipinski definition) is 2. The Morgan fingerprint density at radius 3 is 2.56 bits per heavy atom. The highest BCUT2D eigenvalue weighted by atomic mass is 35.5. The minimum atomic E-state index is -0.165. The van der Waals surface area contributed by atoms with Gasteiger partial charge < -0.3 is 9.30 Å². The van der Waals surface area contributed by atoms with Crippen molar-refractivity contribution in [3.63, 3.8) is 0 Å². The molecule has 0 radical (unpaired) electrons. The van der Waals surface area contributed by atoms with Crippen LogP contribution in [0.5, 0.6) is 5.75 Å². The second-order valence-corrected chi connectivity index (χ2v) is 4.58. The number of para-hydroxylation sites is 1. The van der Waals surface area contributed by atoms with Crippen LogP contribution in [0.2, 0.25) is 0 Å². The number of nitrogens with one attached hydrogen (secondary N) is 1. The van der Waals surface area contributed by atoms with Crippen molar-refractivity contribution in [2.24, 2.45) is 0 Å². The lowest BCUT2D eigenvalue weighted by atomic mass is 10.3. The topological polar surface area (TPSA) is 38.0 Å². The Morgan fingerprint density at radius 1 is 1.11 bits per heavy atom. The highest BCUT2D eigenvalue weighted by Gasteiger charge is 2.06. The summed E-state index contributed by atoms with van der Waals surface area (Å²) in [4.78, 5) is 0. The lowest BCUT2D eigenvalue weighted by Crippen LogP contribution is -2.26. The SMILES string of the molecule is N=c1ccccn1CC(Cl)COc1ccccc1. The molecule has 0 aliphatic heterocycles. The van der Waals surface area contributed by atoms with Crippen LogP contribution < -0.4 is 10.2 Å². The van der Waals surface area contributed by atoms with Gasteiger partial charge >= 0.3 is 0 Å². The second kappa shape index (κ2) is 6.26. The van der Waals surface area contributed by atoms with Gasteiger partial charge in [0.2, 0.25) is 0 Å². The molecule has 94 valence electrons. The van der Waals surface area contributed by atoms with E-state index in [1.165, 1.54) is 0 Å². The summed E-state index contributed by atoms with van der Waals surface area (Å²) in [5.74, 6) is 0.812. The number of pyridine rings is 1. The van der Waals surface area contributed by atoms with Gasteiger partial charge in [0.25, 0.3) is 0 Å². The summed E-state index contributed by atoms with van der Waals surface area (Å²) in [6, 6.07) is 15.0. The molecule has 1 atom stereocenters. The van der Waals surface area contributed by atoms with Gasteiger partial charge in [0.1, 0.15) is 17.8 Å². The van der Waals surface area contributed by atoms with Crippen LogP contribution in [0.1, 0.15) is 0 Å². The van der Waals surface area contributed by atoms with Crippen molar-refractivity contribution in [2.75, 3.05) is 6.61 Å². The largest absolute Gasteiger partial charge is 0.492 e. The van der Waals surface area contributed by atoms with Crippen molar-refractivity contribution in [1.29, 1.82) is 5.41 Å². The van der Waals surface area contributed by atoms with Crippen molar-refractivity contribution < 1.29 is 4.74 Å². The Hall–Kier alpha value is -1.74. The van der Waals surface area contributed by atoms with Crippen molar-refractivity contribution in [1.82, 2.24) is 4.57 Å². The van der Waals surface area contributed by atoms with E-state index in [-0.39, 0.29) is 5.38 Å². The van der Waals surface area contributed by atoms with Crippen molar-refractivity contribution in [2.45, 2.75) is 11.9 Å². The first-order valence-electron chi connectivity index (χ1n) is 5.77. The third kappa shape index (κ3) is 3.64. The zero-order chi connectivity index (χ0) is 12.8. The van der Waals surface area contributed by atoms with Gasteiger partial charge in [-0.15, -0.1) is 11.6 Å². The number of alkyl halides is 1. The summed E-state index contributed by atoms with van der Waals surface area (Å²) in [5.41, 5.74) is 0.447. The molecule has 0 saturated carbocycles. The van der Waals surface area contributed by atoms with E-state index in [1.807, 2.05) is 48.7 Å². The zero-order valence-corrected chi connectivity index (χ0v) is 10.7. The number of aromatic nitrogens is 1. The summed E-state index contributed by atoms with van der Waals surface area (Å²) in [5, 5.41) is 7.56. The average Bonchev–Trinajstić information content (AvgIpc) is 2.40. The lowest BCUT2D eigenvalue weighted by molar-refractivity contribution is 0.304. The summed E-state index contributed by atoms with van der Waals surface area (Å²) >= 11 is 6.21. The quantitative estimate of drug-likeness (QED) is 0.827. The third-order valence-electron chi connectivity index (χ3n) is 2.51. The Labute approximate surface area is 111 Å². The van der Waals surface area contributed by atoms with Crippen LogP contribution in [0.4, 0.5) is 0 Å². The molecular formula is C14H15ClN2O. The van der Waals surface area contributed by atoms with Gasteiger partial charge in [-0.3, -0.25) is 5.41 Å². The number of hydrogen-bond donors (Lipinski definition) is 1. The third-order valence-corrected chi connectivity index (χ3v) is 2.77. The molecule has 0 amide bonds. The number of rotatable bonds is 5. The Balaban J connectivity index is 1.88. The molecule has 0 aliphatic carbocycles. The fourth-order valence-electron chi connectivity index (χ4n) is 1.61. The van der Waals surface area contributed by atoms with E-state index >= 15 is 0 Å². The van der Waals surface area contributed by atoms with E-state index in [0.717, 1.165) is 5.75 Å². The average molecular weight is 263 g/mol. The fourth-order valence-corrected chi connectivity index (χ4v) is 1.82. The van der Waals surface area contributed by atoms with E-state index in [4.69, 9.17) is 21.7 Å². The minimum Gasteiger partial charge on any atom is -0.492 e. The molecule has 18 heavy (non-hydrogen) atoms.